The second-order valence-electron chi connectivity index (χ2n) is 4.18. The average molecular weight is 326 g/mol. The summed E-state index contributed by atoms with van der Waals surface area (Å²) in [5.41, 5.74) is 3.44. The number of halogens is 2. The first-order valence-corrected chi connectivity index (χ1v) is 6.82. The summed E-state index contributed by atoms with van der Waals surface area (Å²) in [6.07, 6.45) is 3.74. The van der Waals surface area contributed by atoms with Crippen LogP contribution in [-0.4, -0.2) is 12.0 Å². The highest BCUT2D eigenvalue weighted by Crippen LogP contribution is 2.30. The first-order chi connectivity index (χ1) is 8.61. The molecule has 2 rings (SSSR count). The number of nitrogens with one attached hydrogen (secondary N) is 1. The Bertz CT molecular complexity index is 557. The summed E-state index contributed by atoms with van der Waals surface area (Å²) in [6.45, 7) is 2.04. The largest absolute Gasteiger partial charge is 0.309 e. The fraction of sp³-hybridized carbons (Fsp3) is 0.214. The molecular weight excluding hydrogens is 312 g/mol. The van der Waals surface area contributed by atoms with Crippen LogP contribution in [0.25, 0.3) is 0 Å². The first kappa shape index (κ1) is 13.5. The Labute approximate surface area is 121 Å². The van der Waals surface area contributed by atoms with E-state index in [1.54, 1.807) is 0 Å². The minimum Gasteiger partial charge on any atom is -0.309 e. The molecule has 1 atom stereocenters. The van der Waals surface area contributed by atoms with Crippen LogP contribution in [0.15, 0.2) is 41.1 Å². The molecule has 0 aliphatic carbocycles. The Balaban J connectivity index is 2.45. The minimum atomic E-state index is 0.101. The van der Waals surface area contributed by atoms with Crippen molar-refractivity contribution in [3.05, 3.63) is 62.8 Å². The van der Waals surface area contributed by atoms with Crippen molar-refractivity contribution >= 4 is 27.5 Å². The summed E-state index contributed by atoms with van der Waals surface area (Å²) < 4.78 is 0.996. The van der Waals surface area contributed by atoms with Gasteiger partial charge in [-0.2, -0.15) is 0 Å². The van der Waals surface area contributed by atoms with E-state index in [1.807, 2.05) is 44.6 Å². The third kappa shape index (κ3) is 2.91. The van der Waals surface area contributed by atoms with Crippen LogP contribution >= 0.6 is 27.5 Å². The normalized spacial score (nSPS) is 12.4. The number of rotatable bonds is 3. The Kier molecular flexibility index (Phi) is 4.38. The monoisotopic (exact) mass is 324 g/mol. The van der Waals surface area contributed by atoms with Crippen molar-refractivity contribution in [2.75, 3.05) is 7.05 Å². The maximum absolute atomic E-state index is 5.97. The Morgan fingerprint density at radius 1 is 1.28 bits per heavy atom. The molecule has 1 aromatic carbocycles. The van der Waals surface area contributed by atoms with E-state index < -0.39 is 0 Å². The second kappa shape index (κ2) is 5.83. The van der Waals surface area contributed by atoms with Crippen molar-refractivity contribution in [3.63, 3.8) is 0 Å². The van der Waals surface area contributed by atoms with Gasteiger partial charge in [-0.25, -0.2) is 0 Å². The molecule has 94 valence electrons. The quantitative estimate of drug-likeness (QED) is 0.918. The van der Waals surface area contributed by atoms with Crippen molar-refractivity contribution in [1.82, 2.24) is 10.3 Å². The van der Waals surface area contributed by atoms with Crippen LogP contribution < -0.4 is 5.32 Å². The van der Waals surface area contributed by atoms with E-state index in [4.69, 9.17) is 11.6 Å². The molecule has 2 nitrogen and oxygen atoms in total. The number of aryl methyl sites for hydroxylation is 1. The fourth-order valence-electron chi connectivity index (χ4n) is 1.97. The maximum Gasteiger partial charge on any atom is 0.0600 e. The lowest BCUT2D eigenvalue weighted by atomic mass is 9.99. The molecule has 0 bridgehead atoms. The molecule has 1 N–H and O–H groups in total. The summed E-state index contributed by atoms with van der Waals surface area (Å²) in [4.78, 5) is 4.24. The van der Waals surface area contributed by atoms with Crippen LogP contribution in [0.1, 0.15) is 22.7 Å². The number of aromatic nitrogens is 1. The Hall–Kier alpha value is -0.900. The van der Waals surface area contributed by atoms with Gasteiger partial charge in [-0.3, -0.25) is 4.98 Å². The summed E-state index contributed by atoms with van der Waals surface area (Å²) >= 11 is 9.53. The molecule has 1 aromatic heterocycles. The SMILES string of the molecule is CNC(c1cncc(C)c1)c1ccc(Cl)cc1Br. The third-order valence-electron chi connectivity index (χ3n) is 2.79. The van der Waals surface area contributed by atoms with Crippen LogP contribution in [0.2, 0.25) is 5.02 Å². The highest BCUT2D eigenvalue weighted by molar-refractivity contribution is 9.10. The van der Waals surface area contributed by atoms with E-state index in [0.717, 1.165) is 26.2 Å². The highest BCUT2D eigenvalue weighted by Gasteiger charge is 2.15. The van der Waals surface area contributed by atoms with Gasteiger partial charge in [0.15, 0.2) is 0 Å². The standard InChI is InChI=1S/C14H14BrClN2/c1-9-5-10(8-18-7-9)14(17-2)12-4-3-11(16)6-13(12)15/h3-8,14,17H,1-2H3. The first-order valence-electron chi connectivity index (χ1n) is 5.65. The van der Waals surface area contributed by atoms with Gasteiger partial charge in [0, 0.05) is 21.9 Å². The summed E-state index contributed by atoms with van der Waals surface area (Å²) in [5, 5.41) is 4.03. The fourth-order valence-corrected chi connectivity index (χ4v) is 2.89. The van der Waals surface area contributed by atoms with Crippen LogP contribution in [0.5, 0.6) is 0 Å². The molecule has 18 heavy (non-hydrogen) atoms. The van der Waals surface area contributed by atoms with Gasteiger partial charge in [-0.15, -0.1) is 0 Å². The summed E-state index contributed by atoms with van der Waals surface area (Å²) in [6, 6.07) is 8.06. The molecule has 1 unspecified atom stereocenters. The van der Waals surface area contributed by atoms with Crippen molar-refractivity contribution in [3.8, 4) is 0 Å². The maximum atomic E-state index is 5.97. The summed E-state index contributed by atoms with van der Waals surface area (Å²) in [5.74, 6) is 0. The zero-order chi connectivity index (χ0) is 13.1. The molecular formula is C14H14BrClN2. The molecule has 2 aromatic rings. The average Bonchev–Trinajstić information content (AvgIpc) is 2.33. The molecule has 4 heteroatoms. The van der Waals surface area contributed by atoms with E-state index in [2.05, 4.69) is 32.3 Å². The smallest absolute Gasteiger partial charge is 0.0600 e. The zero-order valence-electron chi connectivity index (χ0n) is 10.2. The molecule has 0 amide bonds. The molecule has 0 fully saturated rings. The number of pyridine rings is 1. The van der Waals surface area contributed by atoms with Gasteiger partial charge in [0.1, 0.15) is 0 Å². The molecule has 0 aliphatic heterocycles. The van der Waals surface area contributed by atoms with Gasteiger partial charge >= 0.3 is 0 Å². The van der Waals surface area contributed by atoms with Crippen LogP contribution in [-0.2, 0) is 0 Å². The van der Waals surface area contributed by atoms with Crippen LogP contribution in [0.4, 0.5) is 0 Å². The van der Waals surface area contributed by atoms with E-state index in [9.17, 15) is 0 Å². The molecule has 0 radical (unpaired) electrons. The lowest BCUT2D eigenvalue weighted by Crippen LogP contribution is -2.18. The van der Waals surface area contributed by atoms with Crippen molar-refractivity contribution in [2.24, 2.45) is 0 Å². The molecule has 0 saturated carbocycles. The zero-order valence-corrected chi connectivity index (χ0v) is 12.6. The van der Waals surface area contributed by atoms with Gasteiger partial charge in [-0.1, -0.05) is 39.7 Å². The van der Waals surface area contributed by atoms with E-state index in [0.29, 0.717) is 0 Å². The van der Waals surface area contributed by atoms with Gasteiger partial charge in [0.2, 0.25) is 0 Å². The van der Waals surface area contributed by atoms with E-state index in [1.165, 1.54) is 0 Å². The van der Waals surface area contributed by atoms with Gasteiger partial charge in [0.05, 0.1) is 6.04 Å². The number of nitrogens with zero attached hydrogens (tertiary/aromatic N) is 1. The topological polar surface area (TPSA) is 24.9 Å². The Morgan fingerprint density at radius 3 is 2.67 bits per heavy atom. The van der Waals surface area contributed by atoms with E-state index >= 15 is 0 Å². The predicted octanol–water partition coefficient (Wildman–Crippen LogP) is 4.11. The molecule has 1 heterocycles. The molecule has 0 aliphatic rings. The van der Waals surface area contributed by atoms with Crippen molar-refractivity contribution in [2.45, 2.75) is 13.0 Å². The number of hydrogen-bond donors (Lipinski definition) is 1. The lowest BCUT2D eigenvalue weighted by Gasteiger charge is -2.19. The van der Waals surface area contributed by atoms with Crippen LogP contribution in [0.3, 0.4) is 0 Å². The minimum absolute atomic E-state index is 0.101. The molecule has 0 spiro atoms. The van der Waals surface area contributed by atoms with Crippen LogP contribution in [0, 0.1) is 6.92 Å². The molecule has 0 saturated heterocycles. The number of hydrogen-bond acceptors (Lipinski definition) is 2. The Morgan fingerprint density at radius 2 is 2.06 bits per heavy atom. The predicted molar refractivity (Wildman–Crippen MR) is 79.0 cm³/mol. The van der Waals surface area contributed by atoms with Crippen molar-refractivity contribution in [1.29, 1.82) is 0 Å². The third-order valence-corrected chi connectivity index (χ3v) is 3.71. The lowest BCUT2D eigenvalue weighted by molar-refractivity contribution is 0.685. The van der Waals surface area contributed by atoms with Gasteiger partial charge < -0.3 is 5.32 Å². The number of benzene rings is 1. The second-order valence-corrected chi connectivity index (χ2v) is 5.47. The van der Waals surface area contributed by atoms with Gasteiger partial charge in [0.25, 0.3) is 0 Å². The summed E-state index contributed by atoms with van der Waals surface area (Å²) in [7, 11) is 1.94. The van der Waals surface area contributed by atoms with Gasteiger partial charge in [-0.05, 0) is 42.8 Å². The highest BCUT2D eigenvalue weighted by atomic mass is 79.9. The van der Waals surface area contributed by atoms with Crippen molar-refractivity contribution < 1.29 is 0 Å². The van der Waals surface area contributed by atoms with E-state index in [-0.39, 0.29) is 6.04 Å².